The second-order valence-electron chi connectivity index (χ2n) is 5.13. The number of fused-ring (bicyclic) bond motifs is 1. The van der Waals surface area contributed by atoms with Crippen LogP contribution in [-0.4, -0.2) is 14.1 Å². The zero-order valence-electron chi connectivity index (χ0n) is 11.6. The van der Waals surface area contributed by atoms with E-state index in [1.807, 2.05) is 6.07 Å². The van der Waals surface area contributed by atoms with Crippen LogP contribution in [0.4, 0.5) is 0 Å². The maximum atomic E-state index is 12.4. The Morgan fingerprint density at radius 3 is 2.59 bits per heavy atom. The third-order valence-corrected chi connectivity index (χ3v) is 5.84. The number of nitrogens with zero attached hydrogens (tertiary/aromatic N) is 1. The highest BCUT2D eigenvalue weighted by Gasteiger charge is 2.19. The topological polar surface area (TPSA) is 92.6 Å². The number of sulfonamides is 1. The van der Waals surface area contributed by atoms with Crippen molar-refractivity contribution in [3.63, 3.8) is 0 Å². The molecule has 1 heterocycles. The molecule has 1 aromatic carbocycles. The van der Waals surface area contributed by atoms with E-state index in [9.17, 15) is 18.6 Å². The summed E-state index contributed by atoms with van der Waals surface area (Å²) in [6, 6.07) is 5.01. The standard InChI is InChI=1S/C15H15NO4S2/c17-15(18)14-13(7-8-21-14)16-22(19,20)12-6-5-10-3-1-2-4-11(10)9-12/h5-9,17-18H,1-4H2/p-2. The molecule has 0 saturated heterocycles. The third kappa shape index (κ3) is 2.91. The van der Waals surface area contributed by atoms with Crippen LogP contribution in [0.25, 0.3) is 0 Å². The molecular formula is C15H13NO4S2-2. The lowest BCUT2D eigenvalue weighted by Crippen LogP contribution is -2.22. The van der Waals surface area contributed by atoms with Crippen molar-refractivity contribution in [2.75, 3.05) is 0 Å². The Bertz CT molecular complexity index is 803. The molecule has 0 fully saturated rings. The van der Waals surface area contributed by atoms with Crippen molar-refractivity contribution in [3.8, 4) is 0 Å². The number of thioether (sulfide) groups is 1. The van der Waals surface area contributed by atoms with Gasteiger partial charge in [0.25, 0.3) is 10.0 Å². The highest BCUT2D eigenvalue weighted by Crippen LogP contribution is 2.29. The number of aryl methyl sites for hydroxylation is 2. The molecular weight excluding hydrogens is 322 g/mol. The Morgan fingerprint density at radius 1 is 1.14 bits per heavy atom. The average molecular weight is 335 g/mol. The van der Waals surface area contributed by atoms with Gasteiger partial charge in [-0.2, -0.15) is 18.8 Å². The zero-order valence-corrected chi connectivity index (χ0v) is 13.2. The smallest absolute Gasteiger partial charge is 0.282 e. The van der Waals surface area contributed by atoms with Crippen molar-refractivity contribution in [2.24, 2.45) is 4.40 Å². The van der Waals surface area contributed by atoms with Crippen LogP contribution < -0.4 is 10.2 Å². The molecule has 5 nitrogen and oxygen atoms in total. The minimum atomic E-state index is -3.93. The summed E-state index contributed by atoms with van der Waals surface area (Å²) in [5, 5.41) is 23.4. The summed E-state index contributed by atoms with van der Waals surface area (Å²) in [4.78, 5) is -0.0785. The summed E-state index contributed by atoms with van der Waals surface area (Å²) in [5.41, 5.74) is 2.13. The number of allylic oxidation sites excluding steroid dienone is 2. The Morgan fingerprint density at radius 2 is 1.86 bits per heavy atom. The summed E-state index contributed by atoms with van der Waals surface area (Å²) in [6.45, 7) is 0. The van der Waals surface area contributed by atoms with Crippen LogP contribution in [0, 0.1) is 0 Å². The van der Waals surface area contributed by atoms with Crippen LogP contribution in [0.15, 0.2) is 49.8 Å². The summed E-state index contributed by atoms with van der Waals surface area (Å²) in [6.07, 6.45) is 5.36. The minimum absolute atomic E-state index is 0.0808. The van der Waals surface area contributed by atoms with Gasteiger partial charge in [-0.05, 0) is 60.4 Å². The van der Waals surface area contributed by atoms with Gasteiger partial charge in [-0.25, -0.2) is 0 Å². The van der Waals surface area contributed by atoms with Crippen LogP contribution in [0.2, 0.25) is 0 Å². The monoisotopic (exact) mass is 335 g/mol. The van der Waals surface area contributed by atoms with Gasteiger partial charge < -0.3 is 10.2 Å². The number of benzene rings is 1. The number of rotatable bonds is 2. The van der Waals surface area contributed by atoms with Crippen molar-refractivity contribution in [1.82, 2.24) is 0 Å². The Kier molecular flexibility index (Phi) is 4.01. The Hall–Kier alpha value is -1.73. The molecule has 0 spiro atoms. The molecule has 0 bridgehead atoms. The van der Waals surface area contributed by atoms with Crippen molar-refractivity contribution >= 4 is 27.5 Å². The highest BCUT2D eigenvalue weighted by atomic mass is 32.2. The van der Waals surface area contributed by atoms with Gasteiger partial charge in [0.1, 0.15) is 0 Å². The van der Waals surface area contributed by atoms with Crippen LogP contribution >= 0.6 is 11.8 Å². The van der Waals surface area contributed by atoms with E-state index in [0.29, 0.717) is 0 Å². The SMILES string of the molecule is O=S(=O)(N=C1C=CSC1=C([O-])[O-])c1ccc2c(c1)CCCC2. The van der Waals surface area contributed by atoms with E-state index < -0.39 is 16.0 Å². The van der Waals surface area contributed by atoms with Gasteiger partial charge in [0.15, 0.2) is 0 Å². The van der Waals surface area contributed by atoms with Crippen molar-refractivity contribution in [3.05, 3.63) is 51.7 Å². The van der Waals surface area contributed by atoms with E-state index in [-0.39, 0.29) is 15.5 Å². The molecule has 0 atom stereocenters. The first-order valence-corrected chi connectivity index (χ1v) is 9.18. The molecule has 3 rings (SSSR count). The highest BCUT2D eigenvalue weighted by molar-refractivity contribution is 8.07. The molecule has 22 heavy (non-hydrogen) atoms. The van der Waals surface area contributed by atoms with E-state index in [1.54, 1.807) is 6.07 Å². The van der Waals surface area contributed by atoms with Gasteiger partial charge in [0, 0.05) is 4.91 Å². The van der Waals surface area contributed by atoms with Crippen molar-refractivity contribution < 1.29 is 18.6 Å². The molecule has 0 radical (unpaired) electrons. The van der Waals surface area contributed by atoms with E-state index in [0.717, 1.165) is 43.0 Å². The first-order valence-electron chi connectivity index (χ1n) is 6.86. The predicted octanol–water partition coefficient (Wildman–Crippen LogP) is 0.845. The summed E-state index contributed by atoms with van der Waals surface area (Å²) >= 11 is 0.896. The van der Waals surface area contributed by atoms with Gasteiger partial charge in [-0.1, -0.05) is 17.8 Å². The van der Waals surface area contributed by atoms with Crippen LogP contribution in [-0.2, 0) is 22.9 Å². The van der Waals surface area contributed by atoms with Gasteiger partial charge in [-0.3, -0.25) is 0 Å². The molecule has 7 heteroatoms. The fourth-order valence-electron chi connectivity index (χ4n) is 2.58. The molecule has 0 aromatic heterocycles. The van der Waals surface area contributed by atoms with E-state index >= 15 is 0 Å². The molecule has 0 unspecified atom stereocenters. The molecule has 1 aliphatic heterocycles. The first-order chi connectivity index (χ1) is 10.5. The van der Waals surface area contributed by atoms with E-state index in [2.05, 4.69) is 4.40 Å². The van der Waals surface area contributed by atoms with E-state index in [4.69, 9.17) is 0 Å². The predicted molar refractivity (Wildman–Crippen MR) is 81.5 cm³/mol. The van der Waals surface area contributed by atoms with Gasteiger partial charge in [0.2, 0.25) is 0 Å². The summed E-state index contributed by atoms with van der Waals surface area (Å²) in [7, 11) is -3.93. The van der Waals surface area contributed by atoms with E-state index in [1.165, 1.54) is 23.1 Å². The molecule has 0 N–H and O–H groups in total. The maximum absolute atomic E-state index is 12.4. The van der Waals surface area contributed by atoms with Crippen molar-refractivity contribution in [1.29, 1.82) is 0 Å². The number of hydrogen-bond acceptors (Lipinski definition) is 5. The Balaban J connectivity index is 2.00. The number of hydrogen-bond donors (Lipinski definition) is 0. The van der Waals surface area contributed by atoms with Gasteiger partial charge in [0.05, 0.1) is 10.6 Å². The lowest BCUT2D eigenvalue weighted by atomic mass is 9.92. The molecule has 1 aliphatic carbocycles. The van der Waals surface area contributed by atoms with Gasteiger partial charge >= 0.3 is 0 Å². The molecule has 0 amide bonds. The Labute approximate surface area is 133 Å². The third-order valence-electron chi connectivity index (χ3n) is 3.67. The zero-order chi connectivity index (χ0) is 15.7. The summed E-state index contributed by atoms with van der Waals surface area (Å²) < 4.78 is 28.4. The second kappa shape index (κ2) is 5.81. The lowest BCUT2D eigenvalue weighted by molar-refractivity contribution is -0.513. The van der Waals surface area contributed by atoms with Crippen molar-refractivity contribution in [2.45, 2.75) is 30.6 Å². The molecule has 1 aromatic rings. The lowest BCUT2D eigenvalue weighted by Gasteiger charge is -2.20. The fraction of sp³-hybridized carbons (Fsp3) is 0.267. The van der Waals surface area contributed by atoms with Gasteiger partial charge in [-0.15, -0.1) is 0 Å². The fourth-order valence-corrected chi connectivity index (χ4v) is 4.35. The normalized spacial score (nSPS) is 19.5. The minimum Gasteiger partial charge on any atom is -0.883 e. The molecule has 116 valence electrons. The largest absolute Gasteiger partial charge is 0.883 e. The van der Waals surface area contributed by atoms with Crippen LogP contribution in [0.3, 0.4) is 0 Å². The van der Waals surface area contributed by atoms with Crippen LogP contribution in [0.5, 0.6) is 0 Å². The average Bonchev–Trinajstić information content (AvgIpc) is 2.94. The quantitative estimate of drug-likeness (QED) is 0.747. The maximum Gasteiger partial charge on any atom is 0.282 e. The molecule has 0 saturated carbocycles. The van der Waals surface area contributed by atoms with Crippen LogP contribution in [0.1, 0.15) is 24.0 Å². The first kappa shape index (κ1) is 15.2. The second-order valence-corrected chi connectivity index (χ2v) is 7.65. The summed E-state index contributed by atoms with van der Waals surface area (Å²) in [5.74, 6) is -1.42. The molecule has 2 aliphatic rings.